The molecular formula is C20H19FN4O4. The van der Waals surface area contributed by atoms with Gasteiger partial charge in [-0.25, -0.2) is 9.07 Å². The van der Waals surface area contributed by atoms with Crippen molar-refractivity contribution in [3.63, 3.8) is 0 Å². The van der Waals surface area contributed by atoms with Crippen molar-refractivity contribution in [2.45, 2.75) is 13.1 Å². The highest BCUT2D eigenvalue weighted by atomic mass is 19.1. The first-order valence-corrected chi connectivity index (χ1v) is 8.97. The number of methoxy groups -OCH3 is 2. The lowest BCUT2D eigenvalue weighted by Gasteiger charge is -2.18. The van der Waals surface area contributed by atoms with Crippen molar-refractivity contribution in [1.29, 1.82) is 0 Å². The van der Waals surface area contributed by atoms with Crippen LogP contribution >= 0.6 is 0 Å². The zero-order valence-corrected chi connectivity index (χ0v) is 16.0. The van der Waals surface area contributed by atoms with Crippen molar-refractivity contribution in [3.05, 3.63) is 74.6 Å². The Hall–Kier alpha value is -3.62. The summed E-state index contributed by atoms with van der Waals surface area (Å²) in [7, 11) is 3.07. The molecule has 0 radical (unpaired) electrons. The van der Waals surface area contributed by atoms with E-state index in [1.807, 2.05) is 0 Å². The number of benzene rings is 2. The standard InChI is InChI=1S/C20H19FN4O4/c1-28-16-9-13(10-17(11-16)29-2)12-25-19(27)18(26)24-8-7-23(20(24)22-25)15-5-3-14(21)4-6-15/h3-6,9-11H,7-8,12H2,1-2H3. The van der Waals surface area contributed by atoms with Crippen molar-refractivity contribution in [3.8, 4) is 11.5 Å². The van der Waals surface area contributed by atoms with Crippen molar-refractivity contribution in [2.24, 2.45) is 0 Å². The third-order valence-electron chi connectivity index (χ3n) is 4.78. The van der Waals surface area contributed by atoms with Crippen molar-refractivity contribution in [1.82, 2.24) is 14.3 Å². The van der Waals surface area contributed by atoms with E-state index in [4.69, 9.17) is 9.47 Å². The molecule has 0 spiro atoms. The lowest BCUT2D eigenvalue weighted by atomic mass is 10.2. The average molecular weight is 398 g/mol. The van der Waals surface area contributed by atoms with Crippen LogP contribution in [0.3, 0.4) is 0 Å². The molecule has 2 aromatic carbocycles. The number of fused-ring (bicyclic) bond motifs is 1. The molecule has 0 unspecified atom stereocenters. The van der Waals surface area contributed by atoms with Gasteiger partial charge >= 0.3 is 11.1 Å². The number of halogens is 1. The van der Waals surface area contributed by atoms with Crippen molar-refractivity contribution < 1.29 is 13.9 Å². The van der Waals surface area contributed by atoms with Gasteiger partial charge in [0.25, 0.3) is 0 Å². The van der Waals surface area contributed by atoms with E-state index in [1.54, 1.807) is 35.2 Å². The highest BCUT2D eigenvalue weighted by molar-refractivity contribution is 5.58. The molecule has 0 saturated carbocycles. The van der Waals surface area contributed by atoms with E-state index in [1.165, 1.54) is 30.9 Å². The molecule has 0 N–H and O–H groups in total. The Bertz CT molecular complexity index is 1150. The Morgan fingerprint density at radius 2 is 1.62 bits per heavy atom. The lowest BCUT2D eigenvalue weighted by molar-refractivity contribution is 0.393. The van der Waals surface area contributed by atoms with Crippen molar-refractivity contribution in [2.75, 3.05) is 25.7 Å². The summed E-state index contributed by atoms with van der Waals surface area (Å²) in [6.45, 7) is 0.874. The van der Waals surface area contributed by atoms with Gasteiger partial charge in [0.15, 0.2) is 0 Å². The smallest absolute Gasteiger partial charge is 0.333 e. The number of hydrogen-bond donors (Lipinski definition) is 0. The summed E-state index contributed by atoms with van der Waals surface area (Å²) in [5.74, 6) is 1.13. The van der Waals surface area contributed by atoms with Crippen molar-refractivity contribution >= 4 is 11.6 Å². The molecule has 8 nitrogen and oxygen atoms in total. The quantitative estimate of drug-likeness (QED) is 0.610. The summed E-state index contributed by atoms with van der Waals surface area (Å²) < 4.78 is 26.2. The molecule has 1 aromatic heterocycles. The van der Waals surface area contributed by atoms with Crippen LogP contribution in [0.15, 0.2) is 52.1 Å². The van der Waals surface area contributed by atoms with E-state index in [-0.39, 0.29) is 12.4 Å². The maximum absolute atomic E-state index is 13.3. The number of anilines is 2. The van der Waals surface area contributed by atoms with Gasteiger partial charge in [-0.3, -0.25) is 14.2 Å². The van der Waals surface area contributed by atoms with Gasteiger partial charge in [-0.2, -0.15) is 0 Å². The highest BCUT2D eigenvalue weighted by Crippen LogP contribution is 2.27. The molecule has 150 valence electrons. The molecule has 0 bridgehead atoms. The van der Waals surface area contributed by atoms with E-state index in [9.17, 15) is 14.0 Å². The molecule has 0 saturated heterocycles. The normalized spacial score (nSPS) is 12.7. The summed E-state index contributed by atoms with van der Waals surface area (Å²) in [6, 6.07) is 11.1. The van der Waals surface area contributed by atoms with Crippen LogP contribution in [0.4, 0.5) is 16.0 Å². The number of ether oxygens (including phenoxy) is 2. The molecule has 9 heteroatoms. The van der Waals surface area contributed by atoms with E-state index < -0.39 is 11.1 Å². The molecule has 0 aliphatic carbocycles. The monoisotopic (exact) mass is 398 g/mol. The van der Waals surface area contributed by atoms with Gasteiger partial charge in [-0.1, -0.05) is 0 Å². The zero-order chi connectivity index (χ0) is 20.5. The maximum Gasteiger partial charge on any atom is 0.333 e. The van der Waals surface area contributed by atoms with Crippen LogP contribution in [0.25, 0.3) is 0 Å². The second kappa shape index (κ2) is 7.42. The predicted octanol–water partition coefficient (Wildman–Crippen LogP) is 1.76. The number of hydrogen-bond acceptors (Lipinski definition) is 6. The fourth-order valence-electron chi connectivity index (χ4n) is 3.33. The second-order valence-electron chi connectivity index (χ2n) is 6.57. The molecule has 0 atom stereocenters. The third kappa shape index (κ3) is 3.46. The summed E-state index contributed by atoms with van der Waals surface area (Å²) in [6.07, 6.45) is 0. The van der Waals surface area contributed by atoms with Crippen LogP contribution in [-0.2, 0) is 13.1 Å². The molecule has 0 fully saturated rings. The maximum atomic E-state index is 13.3. The first-order valence-electron chi connectivity index (χ1n) is 8.97. The first-order chi connectivity index (χ1) is 14.0. The summed E-state index contributed by atoms with van der Waals surface area (Å²) in [5, 5.41) is 4.42. The second-order valence-corrected chi connectivity index (χ2v) is 6.57. The Morgan fingerprint density at radius 1 is 0.966 bits per heavy atom. The van der Waals surface area contributed by atoms with Crippen LogP contribution in [0.1, 0.15) is 5.56 Å². The molecule has 3 aromatic rings. The molecule has 2 heterocycles. The Labute approximate surface area is 165 Å². The highest BCUT2D eigenvalue weighted by Gasteiger charge is 2.26. The summed E-state index contributed by atoms with van der Waals surface area (Å²) in [5.41, 5.74) is 0.0373. The molecule has 1 aliphatic rings. The van der Waals surface area contributed by atoms with Crippen LogP contribution in [0, 0.1) is 5.82 Å². The molecular weight excluding hydrogens is 379 g/mol. The SMILES string of the molecule is COc1cc(Cn2nc3n(c(=O)c2=O)CCN3c2ccc(F)cc2)cc(OC)c1. The zero-order valence-electron chi connectivity index (χ0n) is 16.0. The van der Waals surface area contributed by atoms with Gasteiger partial charge in [0.1, 0.15) is 17.3 Å². The van der Waals surface area contributed by atoms with E-state index in [0.29, 0.717) is 41.8 Å². The molecule has 0 amide bonds. The van der Waals surface area contributed by atoms with Gasteiger partial charge in [0.2, 0.25) is 5.95 Å². The van der Waals surface area contributed by atoms with Crippen LogP contribution in [0.5, 0.6) is 11.5 Å². The predicted molar refractivity (Wildman–Crippen MR) is 105 cm³/mol. The first kappa shape index (κ1) is 18.7. The van der Waals surface area contributed by atoms with Gasteiger partial charge in [-0.15, -0.1) is 5.10 Å². The minimum atomic E-state index is -0.712. The van der Waals surface area contributed by atoms with E-state index in [2.05, 4.69) is 5.10 Å². The molecule has 4 rings (SSSR count). The minimum absolute atomic E-state index is 0.0761. The summed E-state index contributed by atoms with van der Waals surface area (Å²) >= 11 is 0. The van der Waals surface area contributed by atoms with Gasteiger partial charge in [0, 0.05) is 24.8 Å². The largest absolute Gasteiger partial charge is 0.497 e. The van der Waals surface area contributed by atoms with E-state index in [0.717, 1.165) is 4.68 Å². The van der Waals surface area contributed by atoms with Gasteiger partial charge < -0.3 is 14.4 Å². The Kier molecular flexibility index (Phi) is 4.79. The van der Waals surface area contributed by atoms with Gasteiger partial charge in [0.05, 0.1) is 20.8 Å². The van der Waals surface area contributed by atoms with Crippen LogP contribution in [-0.4, -0.2) is 35.1 Å². The topological polar surface area (TPSA) is 78.6 Å². The fourth-order valence-corrected chi connectivity index (χ4v) is 3.33. The Balaban J connectivity index is 1.76. The molecule has 29 heavy (non-hydrogen) atoms. The number of nitrogens with zero attached hydrogens (tertiary/aromatic N) is 4. The Morgan fingerprint density at radius 3 is 2.24 bits per heavy atom. The average Bonchev–Trinajstić information content (AvgIpc) is 3.16. The number of aromatic nitrogens is 3. The molecule has 1 aliphatic heterocycles. The fraction of sp³-hybridized carbons (Fsp3) is 0.250. The van der Waals surface area contributed by atoms with E-state index >= 15 is 0 Å². The van der Waals surface area contributed by atoms with Crippen LogP contribution in [0.2, 0.25) is 0 Å². The summed E-state index contributed by atoms with van der Waals surface area (Å²) in [4.78, 5) is 26.9. The lowest BCUT2D eigenvalue weighted by Crippen LogP contribution is -2.42. The minimum Gasteiger partial charge on any atom is -0.497 e. The van der Waals surface area contributed by atoms with Crippen LogP contribution < -0.4 is 25.5 Å². The van der Waals surface area contributed by atoms with Gasteiger partial charge in [-0.05, 0) is 42.0 Å². The third-order valence-corrected chi connectivity index (χ3v) is 4.78. The number of rotatable bonds is 5.